The van der Waals surface area contributed by atoms with Crippen molar-refractivity contribution in [2.45, 2.75) is 6.42 Å². The topological polar surface area (TPSA) is 57.3 Å². The van der Waals surface area contributed by atoms with E-state index in [0.717, 1.165) is 50.3 Å². The van der Waals surface area contributed by atoms with Gasteiger partial charge in [0.2, 0.25) is 0 Å². The van der Waals surface area contributed by atoms with Crippen molar-refractivity contribution in [3.63, 3.8) is 0 Å². The van der Waals surface area contributed by atoms with Crippen LogP contribution in [0.4, 0.5) is 0 Å². The minimum atomic E-state index is -0.0800. The van der Waals surface area contributed by atoms with E-state index in [4.69, 9.17) is 11.6 Å². The van der Waals surface area contributed by atoms with Crippen molar-refractivity contribution in [2.75, 3.05) is 39.3 Å². The van der Waals surface area contributed by atoms with Gasteiger partial charge in [0.1, 0.15) is 0 Å². The van der Waals surface area contributed by atoms with E-state index in [2.05, 4.69) is 20.5 Å². The largest absolute Gasteiger partial charge is 0.352 e. The SMILES string of the molecule is Cl.Cl.O=C(NCCCN1CCNCC1)c1cncc(-c2ccc(Cl)cc2)c1. The smallest absolute Gasteiger partial charge is 0.252 e. The molecule has 8 heteroatoms. The summed E-state index contributed by atoms with van der Waals surface area (Å²) >= 11 is 5.92. The van der Waals surface area contributed by atoms with Gasteiger partial charge < -0.3 is 15.5 Å². The van der Waals surface area contributed by atoms with Crippen LogP contribution in [0.5, 0.6) is 0 Å². The monoisotopic (exact) mass is 430 g/mol. The second-order valence-electron chi connectivity index (χ2n) is 6.17. The highest BCUT2D eigenvalue weighted by atomic mass is 35.5. The summed E-state index contributed by atoms with van der Waals surface area (Å²) in [6, 6.07) is 9.38. The van der Waals surface area contributed by atoms with Gasteiger partial charge in [-0.05, 0) is 36.7 Å². The third kappa shape index (κ3) is 7.28. The Kier molecular flexibility index (Phi) is 10.7. The van der Waals surface area contributed by atoms with Crippen LogP contribution in [0.15, 0.2) is 42.7 Å². The predicted octanol–water partition coefficient (Wildman–Crippen LogP) is 3.27. The van der Waals surface area contributed by atoms with Crippen LogP contribution in [-0.2, 0) is 0 Å². The first-order valence-electron chi connectivity index (χ1n) is 8.64. The van der Waals surface area contributed by atoms with E-state index < -0.39 is 0 Å². The standard InChI is InChI=1S/C19H23ClN4O.2ClH/c20-18-4-2-15(3-5-18)16-12-17(14-22-13-16)19(25)23-6-1-9-24-10-7-21-8-11-24;;/h2-5,12-14,21H,1,6-11H2,(H,23,25);2*1H. The van der Waals surface area contributed by atoms with E-state index in [9.17, 15) is 4.79 Å². The summed E-state index contributed by atoms with van der Waals surface area (Å²) < 4.78 is 0. The molecule has 2 heterocycles. The minimum absolute atomic E-state index is 0. The molecule has 1 amide bonds. The van der Waals surface area contributed by atoms with E-state index >= 15 is 0 Å². The Morgan fingerprint density at radius 2 is 1.81 bits per heavy atom. The summed E-state index contributed by atoms with van der Waals surface area (Å²) in [5, 5.41) is 7.01. The van der Waals surface area contributed by atoms with Gasteiger partial charge in [0.15, 0.2) is 0 Å². The summed E-state index contributed by atoms with van der Waals surface area (Å²) in [7, 11) is 0. The zero-order chi connectivity index (χ0) is 17.5. The van der Waals surface area contributed by atoms with Gasteiger partial charge in [-0.15, -0.1) is 24.8 Å². The zero-order valence-electron chi connectivity index (χ0n) is 15.0. The maximum atomic E-state index is 12.3. The predicted molar refractivity (Wildman–Crippen MR) is 115 cm³/mol. The fraction of sp³-hybridized carbons (Fsp3) is 0.368. The fourth-order valence-corrected chi connectivity index (χ4v) is 3.03. The number of amides is 1. The number of carbonyl (C=O) groups excluding carboxylic acids is 1. The highest BCUT2D eigenvalue weighted by Crippen LogP contribution is 2.21. The fourth-order valence-electron chi connectivity index (χ4n) is 2.91. The average molecular weight is 432 g/mol. The molecule has 0 bridgehead atoms. The Morgan fingerprint density at radius 3 is 2.52 bits per heavy atom. The molecule has 0 aliphatic carbocycles. The lowest BCUT2D eigenvalue weighted by Crippen LogP contribution is -2.44. The number of nitrogens with one attached hydrogen (secondary N) is 2. The first-order chi connectivity index (χ1) is 12.2. The van der Waals surface area contributed by atoms with E-state index in [1.807, 2.05) is 30.3 Å². The Hall–Kier alpha value is -1.37. The second-order valence-corrected chi connectivity index (χ2v) is 6.61. The van der Waals surface area contributed by atoms with Crippen LogP contribution < -0.4 is 10.6 Å². The molecule has 2 aromatic rings. The van der Waals surface area contributed by atoms with Crippen LogP contribution in [0.2, 0.25) is 5.02 Å². The van der Waals surface area contributed by atoms with E-state index in [1.54, 1.807) is 12.4 Å². The number of carbonyl (C=O) groups is 1. The molecule has 1 saturated heterocycles. The number of benzene rings is 1. The van der Waals surface area contributed by atoms with Crippen LogP contribution in [0.25, 0.3) is 11.1 Å². The van der Waals surface area contributed by atoms with Crippen LogP contribution in [-0.4, -0.2) is 55.1 Å². The molecule has 27 heavy (non-hydrogen) atoms. The first kappa shape index (κ1) is 23.7. The number of pyridine rings is 1. The van der Waals surface area contributed by atoms with E-state index in [0.29, 0.717) is 17.1 Å². The number of halogens is 3. The molecule has 1 fully saturated rings. The van der Waals surface area contributed by atoms with Crippen LogP contribution in [0, 0.1) is 0 Å². The minimum Gasteiger partial charge on any atom is -0.352 e. The third-order valence-corrected chi connectivity index (χ3v) is 4.58. The molecule has 1 aliphatic rings. The number of piperazine rings is 1. The Labute approximate surface area is 177 Å². The molecule has 148 valence electrons. The number of nitrogens with zero attached hydrogens (tertiary/aromatic N) is 2. The number of hydrogen-bond acceptors (Lipinski definition) is 4. The normalized spacial score (nSPS) is 14.0. The Balaban J connectivity index is 0.00000182. The second kappa shape index (κ2) is 12.2. The summed E-state index contributed by atoms with van der Waals surface area (Å²) in [5.41, 5.74) is 2.48. The lowest BCUT2D eigenvalue weighted by molar-refractivity contribution is 0.0951. The van der Waals surface area contributed by atoms with Crippen molar-refractivity contribution in [3.05, 3.63) is 53.3 Å². The van der Waals surface area contributed by atoms with Crippen molar-refractivity contribution in [1.29, 1.82) is 0 Å². The van der Waals surface area contributed by atoms with Crippen LogP contribution in [0.3, 0.4) is 0 Å². The van der Waals surface area contributed by atoms with Crippen molar-refractivity contribution < 1.29 is 4.79 Å². The molecular formula is C19H25Cl3N4O. The average Bonchev–Trinajstić information content (AvgIpc) is 2.66. The molecule has 0 radical (unpaired) electrons. The Bertz CT molecular complexity index is 706. The van der Waals surface area contributed by atoms with Gasteiger partial charge in [0.05, 0.1) is 5.56 Å². The maximum absolute atomic E-state index is 12.3. The molecule has 0 unspecified atom stereocenters. The summed E-state index contributed by atoms with van der Waals surface area (Å²) in [6.45, 7) is 5.96. The van der Waals surface area contributed by atoms with Crippen molar-refractivity contribution >= 4 is 42.3 Å². The van der Waals surface area contributed by atoms with Crippen molar-refractivity contribution in [3.8, 4) is 11.1 Å². The van der Waals surface area contributed by atoms with Crippen LogP contribution in [0.1, 0.15) is 16.8 Å². The van der Waals surface area contributed by atoms with E-state index in [1.165, 1.54) is 0 Å². The molecule has 2 N–H and O–H groups in total. The van der Waals surface area contributed by atoms with Gasteiger partial charge >= 0.3 is 0 Å². The third-order valence-electron chi connectivity index (χ3n) is 4.32. The molecule has 1 aromatic carbocycles. The molecule has 1 aliphatic heterocycles. The van der Waals surface area contributed by atoms with Crippen molar-refractivity contribution in [2.24, 2.45) is 0 Å². The molecule has 5 nitrogen and oxygen atoms in total. The number of aromatic nitrogens is 1. The Morgan fingerprint density at radius 1 is 1.11 bits per heavy atom. The van der Waals surface area contributed by atoms with Gasteiger partial charge in [-0.3, -0.25) is 9.78 Å². The zero-order valence-corrected chi connectivity index (χ0v) is 17.4. The highest BCUT2D eigenvalue weighted by Gasteiger charge is 2.10. The lowest BCUT2D eigenvalue weighted by atomic mass is 10.1. The van der Waals surface area contributed by atoms with Gasteiger partial charge in [0, 0.05) is 55.7 Å². The molecule has 3 rings (SSSR count). The quantitative estimate of drug-likeness (QED) is 0.689. The molecular weight excluding hydrogens is 407 g/mol. The van der Waals surface area contributed by atoms with Gasteiger partial charge in [-0.1, -0.05) is 23.7 Å². The molecule has 0 spiro atoms. The highest BCUT2D eigenvalue weighted by molar-refractivity contribution is 6.30. The van der Waals surface area contributed by atoms with Gasteiger partial charge in [-0.2, -0.15) is 0 Å². The lowest BCUT2D eigenvalue weighted by Gasteiger charge is -2.27. The molecule has 1 aromatic heterocycles. The number of hydrogen-bond donors (Lipinski definition) is 2. The van der Waals surface area contributed by atoms with Gasteiger partial charge in [-0.25, -0.2) is 0 Å². The summed E-state index contributed by atoms with van der Waals surface area (Å²) in [5.74, 6) is -0.0800. The molecule has 0 atom stereocenters. The summed E-state index contributed by atoms with van der Waals surface area (Å²) in [4.78, 5) is 19.0. The van der Waals surface area contributed by atoms with E-state index in [-0.39, 0.29) is 30.7 Å². The van der Waals surface area contributed by atoms with Crippen molar-refractivity contribution in [1.82, 2.24) is 20.5 Å². The number of rotatable bonds is 6. The maximum Gasteiger partial charge on any atom is 0.252 e. The van der Waals surface area contributed by atoms with Gasteiger partial charge in [0.25, 0.3) is 5.91 Å². The van der Waals surface area contributed by atoms with Crippen LogP contribution >= 0.6 is 36.4 Å². The first-order valence-corrected chi connectivity index (χ1v) is 9.02. The molecule has 0 saturated carbocycles. The summed E-state index contributed by atoms with van der Waals surface area (Å²) in [6.07, 6.45) is 4.31.